The van der Waals surface area contributed by atoms with Gasteiger partial charge in [0.2, 0.25) is 5.79 Å². The number of non-ortho nitro benzene ring substituents is 2. The van der Waals surface area contributed by atoms with Gasteiger partial charge in [-0.05, 0) is 103 Å². The number of allylic oxidation sites excluding steroid dienone is 1. The number of hydrogen-bond donors (Lipinski definition) is 2. The van der Waals surface area contributed by atoms with Crippen LogP contribution in [0.1, 0.15) is 67.6 Å². The van der Waals surface area contributed by atoms with Crippen LogP contribution >= 0.6 is 11.6 Å². The number of ether oxygens (including phenoxy) is 4. The molecule has 1 amide bonds. The first kappa shape index (κ1) is 49.5. The number of alkyl halides is 1. The van der Waals surface area contributed by atoms with Gasteiger partial charge in [0.15, 0.2) is 0 Å². The number of aliphatic hydroxyl groups is 2. The van der Waals surface area contributed by atoms with E-state index in [1.54, 1.807) is 48.5 Å². The third-order valence-electron chi connectivity index (χ3n) is 12.6. The normalized spacial score (nSPS) is 21.9. The van der Waals surface area contributed by atoms with Crippen molar-refractivity contribution in [3.05, 3.63) is 158 Å². The number of oxime groups is 1. The molecule has 1 aliphatic heterocycles. The number of halogens is 2. The molecule has 0 spiro atoms. The summed E-state index contributed by atoms with van der Waals surface area (Å²) < 4.78 is 40.7. The first-order chi connectivity index (χ1) is 33.0. The molecular weight excluding hydrogens is 903 g/mol. The number of nitro groups is 2. The molecule has 0 aromatic heterocycles. The number of rotatable bonds is 23. The summed E-state index contributed by atoms with van der Waals surface area (Å²) in [6.45, 7) is 3.69. The predicted octanol–water partition coefficient (Wildman–Crippen LogP) is 10.1. The molecule has 1 fully saturated rings. The van der Waals surface area contributed by atoms with E-state index in [0.29, 0.717) is 66.9 Å². The molecular formula is C50H54ClFN4O12. The van der Waals surface area contributed by atoms with Crippen LogP contribution in [0.4, 0.5) is 20.6 Å². The SMILES string of the molecule is C=CCOC12Oc3ccc(Oc4cccc([N+](=O)[O-])c4)cc3C3C(CCCCO)C(CCCCO)C=C(C(=NOCc4ccc([N+](=O)[O-])cc4)CC1N(Cc1ccc(F)cc1)C(=O)OCCCl)C32. The zero-order chi connectivity index (χ0) is 48.2. The van der Waals surface area contributed by atoms with E-state index in [9.17, 15) is 39.6 Å². The molecule has 6 atom stereocenters. The van der Waals surface area contributed by atoms with Gasteiger partial charge in [-0.3, -0.25) is 25.1 Å². The highest BCUT2D eigenvalue weighted by Crippen LogP contribution is 2.62. The van der Waals surface area contributed by atoms with Gasteiger partial charge in [0.05, 0.1) is 40.0 Å². The molecule has 2 aliphatic carbocycles. The second-order valence-electron chi connectivity index (χ2n) is 16.9. The Bertz CT molecular complexity index is 2470. The van der Waals surface area contributed by atoms with Crippen molar-refractivity contribution in [1.29, 1.82) is 0 Å². The Kier molecular flexibility index (Phi) is 16.8. The molecule has 360 valence electrons. The quantitative estimate of drug-likeness (QED) is 0.0234. The van der Waals surface area contributed by atoms with Crippen LogP contribution in [0.25, 0.3) is 0 Å². The topological polar surface area (TPSA) is 206 Å². The molecule has 0 saturated heterocycles. The number of aliphatic hydroxyl groups excluding tert-OH is 2. The maximum atomic E-state index is 14.6. The van der Waals surface area contributed by atoms with Crippen LogP contribution in [0.5, 0.6) is 17.2 Å². The van der Waals surface area contributed by atoms with Crippen LogP contribution in [0, 0.1) is 43.8 Å². The van der Waals surface area contributed by atoms with Crippen LogP contribution < -0.4 is 9.47 Å². The highest BCUT2D eigenvalue weighted by atomic mass is 35.5. The van der Waals surface area contributed by atoms with Gasteiger partial charge in [0.25, 0.3) is 11.4 Å². The number of hydrogen-bond acceptors (Lipinski definition) is 13. The monoisotopic (exact) mass is 956 g/mol. The minimum Gasteiger partial charge on any atom is -0.459 e. The number of unbranched alkanes of at least 4 members (excludes halogenated alkanes) is 2. The number of nitrogens with zero attached hydrogens (tertiary/aromatic N) is 4. The van der Waals surface area contributed by atoms with E-state index in [4.69, 9.17) is 40.5 Å². The minimum atomic E-state index is -1.68. The summed E-state index contributed by atoms with van der Waals surface area (Å²) in [6, 6.07) is 21.8. The Balaban J connectivity index is 1.45. The number of carbonyl (C=O) groups excluding carboxylic acids is 1. The van der Waals surface area contributed by atoms with Crippen LogP contribution in [0.15, 0.2) is 120 Å². The van der Waals surface area contributed by atoms with Gasteiger partial charge in [-0.1, -0.05) is 48.3 Å². The molecule has 6 unspecified atom stereocenters. The van der Waals surface area contributed by atoms with Crippen LogP contribution in [0.3, 0.4) is 0 Å². The third-order valence-corrected chi connectivity index (χ3v) is 12.8. The van der Waals surface area contributed by atoms with Crippen molar-refractivity contribution in [1.82, 2.24) is 4.90 Å². The summed E-state index contributed by atoms with van der Waals surface area (Å²) in [4.78, 5) is 44.3. The Morgan fingerprint density at radius 2 is 1.63 bits per heavy atom. The summed E-state index contributed by atoms with van der Waals surface area (Å²) >= 11 is 6.06. The second-order valence-corrected chi connectivity index (χ2v) is 17.3. The van der Waals surface area contributed by atoms with Gasteiger partial charge < -0.3 is 34.0 Å². The van der Waals surface area contributed by atoms with Crippen molar-refractivity contribution >= 4 is 34.8 Å². The molecule has 1 heterocycles. The molecule has 2 N–H and O–H groups in total. The van der Waals surface area contributed by atoms with Crippen LogP contribution in [-0.2, 0) is 27.5 Å². The van der Waals surface area contributed by atoms with Crippen molar-refractivity contribution in [3.8, 4) is 17.2 Å². The van der Waals surface area contributed by atoms with Crippen molar-refractivity contribution < 1.29 is 53.0 Å². The summed E-state index contributed by atoms with van der Waals surface area (Å²) in [5, 5.41) is 47.8. The molecule has 0 radical (unpaired) electrons. The third kappa shape index (κ3) is 11.3. The summed E-state index contributed by atoms with van der Waals surface area (Å²) in [5.74, 6) is -2.51. The van der Waals surface area contributed by atoms with E-state index >= 15 is 0 Å². The maximum Gasteiger partial charge on any atom is 0.410 e. The first-order valence-corrected chi connectivity index (χ1v) is 23.1. The lowest BCUT2D eigenvalue weighted by Crippen LogP contribution is -2.70. The van der Waals surface area contributed by atoms with E-state index < -0.39 is 45.4 Å². The number of fused-ring (bicyclic) bond motifs is 2. The number of carbonyl (C=O) groups is 1. The molecule has 16 nitrogen and oxygen atoms in total. The van der Waals surface area contributed by atoms with E-state index in [-0.39, 0.29) is 80.8 Å². The Morgan fingerprint density at radius 3 is 2.32 bits per heavy atom. The highest BCUT2D eigenvalue weighted by Gasteiger charge is 2.65. The van der Waals surface area contributed by atoms with Gasteiger partial charge >= 0.3 is 6.09 Å². The number of benzene rings is 4. The molecule has 68 heavy (non-hydrogen) atoms. The lowest BCUT2D eigenvalue weighted by atomic mass is 9.55. The molecule has 18 heteroatoms. The highest BCUT2D eigenvalue weighted by molar-refractivity contribution is 6.18. The largest absolute Gasteiger partial charge is 0.459 e. The maximum absolute atomic E-state index is 14.6. The Hall–Kier alpha value is -6.40. The molecule has 7 rings (SSSR count). The molecule has 4 aromatic rings. The second kappa shape index (κ2) is 23.1. The van der Waals surface area contributed by atoms with Crippen LogP contribution in [0.2, 0.25) is 0 Å². The lowest BCUT2D eigenvalue weighted by molar-refractivity contribution is -0.385. The van der Waals surface area contributed by atoms with E-state index in [0.717, 1.165) is 11.1 Å². The molecule has 1 saturated carbocycles. The zero-order valence-electron chi connectivity index (χ0n) is 37.3. The average molecular weight is 957 g/mol. The Morgan fingerprint density at radius 1 is 0.926 bits per heavy atom. The smallest absolute Gasteiger partial charge is 0.410 e. The van der Waals surface area contributed by atoms with Gasteiger partial charge in [0.1, 0.15) is 42.3 Å². The minimum absolute atomic E-state index is 0.00544. The van der Waals surface area contributed by atoms with Gasteiger partial charge in [-0.2, -0.15) is 0 Å². The number of amides is 1. The molecule has 3 aliphatic rings. The van der Waals surface area contributed by atoms with Crippen molar-refractivity contribution in [2.45, 2.75) is 75.8 Å². The average Bonchev–Trinajstić information content (AvgIpc) is 3.34. The fourth-order valence-corrected chi connectivity index (χ4v) is 9.78. The van der Waals surface area contributed by atoms with Gasteiger partial charge in [-0.25, -0.2) is 9.18 Å². The van der Waals surface area contributed by atoms with Gasteiger partial charge in [-0.15, -0.1) is 18.2 Å². The standard InChI is InChI=1S/C50H54ClFN4O12/c1-2-25-65-50-46(54(49(59)64-26-22-51)31-33-12-16-36(52)17-13-33)30-44(53-66-32-34-14-18-37(19-15-34)55(60)61)42-27-35(8-3-5-23-57)41(11-4-6-24-58)47(48(42)50)43-29-40(20-21-45(43)68-50)67-39-10-7-9-38(28-39)56(62)63/h2,7,9-10,12-21,27-29,35,41,46-48,57-58H,1,3-6,8,11,22-26,30-32H2. The first-order valence-electron chi connectivity index (χ1n) is 22.6. The zero-order valence-corrected chi connectivity index (χ0v) is 38.1. The van der Waals surface area contributed by atoms with E-state index in [2.05, 4.69) is 12.7 Å². The van der Waals surface area contributed by atoms with E-state index in [1.165, 1.54) is 47.4 Å². The Labute approximate surface area is 397 Å². The summed E-state index contributed by atoms with van der Waals surface area (Å²) in [5.41, 5.74) is 2.91. The lowest BCUT2D eigenvalue weighted by Gasteiger charge is -2.59. The fourth-order valence-electron chi connectivity index (χ4n) is 9.70. The molecule has 0 bridgehead atoms. The van der Waals surface area contributed by atoms with Crippen LogP contribution in [-0.4, -0.2) is 80.9 Å². The van der Waals surface area contributed by atoms with E-state index in [1.807, 2.05) is 6.07 Å². The summed E-state index contributed by atoms with van der Waals surface area (Å²) in [7, 11) is 0. The van der Waals surface area contributed by atoms with Crippen molar-refractivity contribution in [2.75, 3.05) is 32.3 Å². The predicted molar refractivity (Wildman–Crippen MR) is 250 cm³/mol. The summed E-state index contributed by atoms with van der Waals surface area (Å²) in [6.07, 6.45) is 6.80. The van der Waals surface area contributed by atoms with Gasteiger partial charge in [0, 0.05) is 55.9 Å². The molecule has 4 aromatic carbocycles. The fraction of sp³-hybridized carbons (Fsp3) is 0.400. The number of nitro benzene ring substituents is 2. The van der Waals surface area contributed by atoms with Crippen molar-refractivity contribution in [3.63, 3.8) is 0 Å². The van der Waals surface area contributed by atoms with Crippen molar-refractivity contribution in [2.24, 2.45) is 22.9 Å².